The third kappa shape index (κ3) is 2.67. The molecule has 1 atom stereocenters. The molecular formula is C14H14BrNO. The molecule has 88 valence electrons. The fourth-order valence-corrected chi connectivity index (χ4v) is 2.15. The van der Waals surface area contributed by atoms with Gasteiger partial charge in [-0.15, -0.1) is 0 Å². The van der Waals surface area contributed by atoms with Crippen LogP contribution in [0.25, 0.3) is 10.8 Å². The van der Waals surface area contributed by atoms with E-state index in [0.29, 0.717) is 5.33 Å². The molecule has 3 heteroatoms. The fourth-order valence-electron chi connectivity index (χ4n) is 1.99. The molecule has 0 aliphatic heterocycles. The van der Waals surface area contributed by atoms with Gasteiger partial charge in [0.2, 0.25) is 5.91 Å². The first-order chi connectivity index (χ1) is 8.22. The van der Waals surface area contributed by atoms with E-state index in [-0.39, 0.29) is 11.9 Å². The number of nitrogens with one attached hydrogen (secondary N) is 1. The van der Waals surface area contributed by atoms with Gasteiger partial charge in [0.05, 0.1) is 11.4 Å². The van der Waals surface area contributed by atoms with Crippen molar-refractivity contribution in [2.75, 3.05) is 5.33 Å². The number of hydrogen-bond donors (Lipinski definition) is 1. The maximum Gasteiger partial charge on any atom is 0.231 e. The van der Waals surface area contributed by atoms with Crippen LogP contribution in [-0.2, 0) is 4.79 Å². The molecular weight excluding hydrogens is 278 g/mol. The van der Waals surface area contributed by atoms with Gasteiger partial charge in [0, 0.05) is 0 Å². The van der Waals surface area contributed by atoms with Crippen LogP contribution < -0.4 is 5.32 Å². The topological polar surface area (TPSA) is 29.1 Å². The molecule has 0 bridgehead atoms. The molecule has 0 saturated heterocycles. The monoisotopic (exact) mass is 291 g/mol. The third-order valence-corrected chi connectivity index (χ3v) is 3.30. The van der Waals surface area contributed by atoms with Gasteiger partial charge in [-0.2, -0.15) is 0 Å². The molecule has 0 heterocycles. The Bertz CT molecular complexity index is 533. The number of fused-ring (bicyclic) bond motifs is 1. The summed E-state index contributed by atoms with van der Waals surface area (Å²) in [6, 6.07) is 14.4. The van der Waals surface area contributed by atoms with Crippen molar-refractivity contribution in [3.8, 4) is 0 Å². The Kier molecular flexibility index (Phi) is 3.79. The highest BCUT2D eigenvalue weighted by Crippen LogP contribution is 2.23. The Hall–Kier alpha value is -1.35. The summed E-state index contributed by atoms with van der Waals surface area (Å²) >= 11 is 3.15. The number of hydrogen-bond acceptors (Lipinski definition) is 1. The Morgan fingerprint density at radius 2 is 1.94 bits per heavy atom. The molecule has 0 aliphatic rings. The Morgan fingerprint density at radius 3 is 2.71 bits per heavy atom. The van der Waals surface area contributed by atoms with Crippen molar-refractivity contribution in [2.24, 2.45) is 0 Å². The van der Waals surface area contributed by atoms with Crippen LogP contribution in [-0.4, -0.2) is 11.2 Å². The van der Waals surface area contributed by atoms with Crippen LogP contribution in [0.15, 0.2) is 42.5 Å². The number of carbonyl (C=O) groups excluding carboxylic acids is 1. The van der Waals surface area contributed by atoms with E-state index < -0.39 is 0 Å². The zero-order chi connectivity index (χ0) is 12.3. The number of halogens is 1. The highest BCUT2D eigenvalue weighted by atomic mass is 79.9. The Labute approximate surface area is 109 Å². The van der Waals surface area contributed by atoms with Gasteiger partial charge in [0.15, 0.2) is 0 Å². The molecule has 0 aliphatic carbocycles. The smallest absolute Gasteiger partial charge is 0.231 e. The summed E-state index contributed by atoms with van der Waals surface area (Å²) < 4.78 is 0. The van der Waals surface area contributed by atoms with Crippen LogP contribution in [0.3, 0.4) is 0 Å². The molecule has 0 fully saturated rings. The predicted octanol–water partition coefficient (Wildman–Crippen LogP) is 3.41. The zero-order valence-corrected chi connectivity index (χ0v) is 11.2. The quantitative estimate of drug-likeness (QED) is 0.863. The van der Waals surface area contributed by atoms with E-state index in [9.17, 15) is 4.79 Å². The largest absolute Gasteiger partial charge is 0.349 e. The molecule has 2 rings (SSSR count). The van der Waals surface area contributed by atoms with Gasteiger partial charge in [-0.05, 0) is 23.3 Å². The lowest BCUT2D eigenvalue weighted by Crippen LogP contribution is -2.27. The van der Waals surface area contributed by atoms with Crippen LogP contribution in [0, 0.1) is 0 Å². The van der Waals surface area contributed by atoms with E-state index in [1.807, 2.05) is 25.1 Å². The van der Waals surface area contributed by atoms with Gasteiger partial charge in [-0.1, -0.05) is 58.4 Å². The van der Waals surface area contributed by atoms with E-state index >= 15 is 0 Å². The minimum Gasteiger partial charge on any atom is -0.349 e. The normalized spacial score (nSPS) is 12.4. The van der Waals surface area contributed by atoms with Crippen molar-refractivity contribution < 1.29 is 4.79 Å². The Balaban J connectivity index is 2.38. The van der Waals surface area contributed by atoms with Crippen LogP contribution in [0.4, 0.5) is 0 Å². The fraction of sp³-hybridized carbons (Fsp3) is 0.214. The lowest BCUT2D eigenvalue weighted by atomic mass is 10.00. The zero-order valence-electron chi connectivity index (χ0n) is 9.61. The maximum atomic E-state index is 11.4. The molecule has 0 spiro atoms. The average Bonchev–Trinajstić information content (AvgIpc) is 2.37. The maximum absolute atomic E-state index is 11.4. The van der Waals surface area contributed by atoms with Crippen molar-refractivity contribution >= 4 is 32.6 Å². The van der Waals surface area contributed by atoms with Gasteiger partial charge in [-0.3, -0.25) is 4.79 Å². The Morgan fingerprint density at radius 1 is 1.24 bits per heavy atom. The minimum absolute atomic E-state index is 0.00503. The number of amides is 1. The van der Waals surface area contributed by atoms with Crippen LogP contribution in [0.1, 0.15) is 18.5 Å². The summed E-state index contributed by atoms with van der Waals surface area (Å²) in [6.45, 7) is 2.00. The SMILES string of the molecule is CC(NC(=O)CBr)c1cccc2ccccc12. The van der Waals surface area contributed by atoms with Crippen molar-refractivity contribution in [1.82, 2.24) is 5.32 Å². The first kappa shape index (κ1) is 12.1. The van der Waals surface area contributed by atoms with Gasteiger partial charge < -0.3 is 5.32 Å². The van der Waals surface area contributed by atoms with Crippen LogP contribution in [0.2, 0.25) is 0 Å². The van der Waals surface area contributed by atoms with Crippen molar-refractivity contribution in [1.29, 1.82) is 0 Å². The molecule has 0 radical (unpaired) electrons. The second-order valence-corrected chi connectivity index (χ2v) is 4.55. The van der Waals surface area contributed by atoms with E-state index in [1.165, 1.54) is 10.8 Å². The van der Waals surface area contributed by atoms with Crippen LogP contribution in [0.5, 0.6) is 0 Å². The second kappa shape index (κ2) is 5.32. The highest BCUT2D eigenvalue weighted by molar-refractivity contribution is 9.09. The summed E-state index contributed by atoms with van der Waals surface area (Å²) in [5.74, 6) is 0.00503. The first-order valence-corrected chi connectivity index (χ1v) is 6.67. The van der Waals surface area contributed by atoms with Gasteiger partial charge in [0.1, 0.15) is 0 Å². The van der Waals surface area contributed by atoms with Gasteiger partial charge in [0.25, 0.3) is 0 Å². The number of rotatable bonds is 3. The third-order valence-electron chi connectivity index (χ3n) is 2.79. The van der Waals surface area contributed by atoms with E-state index in [1.54, 1.807) is 0 Å². The minimum atomic E-state index is 0.00503. The van der Waals surface area contributed by atoms with E-state index in [4.69, 9.17) is 0 Å². The van der Waals surface area contributed by atoms with Gasteiger partial charge >= 0.3 is 0 Å². The average molecular weight is 292 g/mol. The first-order valence-electron chi connectivity index (χ1n) is 5.55. The molecule has 0 aromatic heterocycles. The molecule has 2 aromatic carbocycles. The number of benzene rings is 2. The molecule has 1 unspecified atom stereocenters. The lowest BCUT2D eigenvalue weighted by Gasteiger charge is -2.15. The summed E-state index contributed by atoms with van der Waals surface area (Å²) in [5.41, 5.74) is 1.15. The van der Waals surface area contributed by atoms with E-state index in [2.05, 4.69) is 45.5 Å². The number of carbonyl (C=O) groups is 1. The van der Waals surface area contributed by atoms with Gasteiger partial charge in [-0.25, -0.2) is 0 Å². The summed E-state index contributed by atoms with van der Waals surface area (Å²) in [6.07, 6.45) is 0. The predicted molar refractivity (Wildman–Crippen MR) is 74.3 cm³/mol. The van der Waals surface area contributed by atoms with Crippen LogP contribution >= 0.6 is 15.9 Å². The summed E-state index contributed by atoms with van der Waals surface area (Å²) in [5, 5.41) is 5.68. The highest BCUT2D eigenvalue weighted by Gasteiger charge is 2.10. The molecule has 1 N–H and O–H groups in total. The van der Waals surface area contributed by atoms with Crippen molar-refractivity contribution in [2.45, 2.75) is 13.0 Å². The molecule has 1 amide bonds. The summed E-state index contributed by atoms with van der Waals surface area (Å²) in [4.78, 5) is 11.4. The second-order valence-electron chi connectivity index (χ2n) is 3.99. The number of alkyl halides is 1. The standard InChI is InChI=1S/C14H14BrNO/c1-10(16-14(17)9-15)12-8-4-6-11-5-2-3-7-13(11)12/h2-8,10H,9H2,1H3,(H,16,17). The van der Waals surface area contributed by atoms with Crippen molar-refractivity contribution in [3.63, 3.8) is 0 Å². The molecule has 2 nitrogen and oxygen atoms in total. The molecule has 2 aromatic rings. The lowest BCUT2D eigenvalue weighted by molar-refractivity contribution is -0.119. The van der Waals surface area contributed by atoms with E-state index in [0.717, 1.165) is 5.56 Å². The molecule has 0 saturated carbocycles. The molecule has 17 heavy (non-hydrogen) atoms. The summed E-state index contributed by atoms with van der Waals surface area (Å²) in [7, 11) is 0. The van der Waals surface area contributed by atoms with Crippen molar-refractivity contribution in [3.05, 3.63) is 48.0 Å².